The van der Waals surface area contributed by atoms with Crippen molar-refractivity contribution in [2.75, 3.05) is 23.3 Å². The predicted molar refractivity (Wildman–Crippen MR) is 169 cm³/mol. The van der Waals surface area contributed by atoms with Crippen LogP contribution in [0.2, 0.25) is 0 Å². The molecule has 0 spiro atoms. The topological polar surface area (TPSA) is 105 Å². The van der Waals surface area contributed by atoms with Crippen LogP contribution in [0.1, 0.15) is 54.3 Å². The lowest BCUT2D eigenvalue weighted by Crippen LogP contribution is -2.24. The maximum Gasteiger partial charge on any atom is 0.335 e. The summed E-state index contributed by atoms with van der Waals surface area (Å²) in [6, 6.07) is 18.9. The molecule has 3 heterocycles. The highest BCUT2D eigenvalue weighted by Crippen LogP contribution is 2.31. The lowest BCUT2D eigenvalue weighted by molar-refractivity contribution is 0.0696. The molecule has 9 nitrogen and oxygen atoms in total. The van der Waals surface area contributed by atoms with Crippen molar-refractivity contribution < 1.29 is 19.1 Å². The SMILES string of the molecule is CC(C)(C)n1ncc(C(=O)Nc2ccc3c(c2)ncn3CCC2CCN(c3ccc(C(=O)O)cc3)C2)c1-c1ccc(F)cc1. The number of carbonyl (C=O) groups is 2. The van der Waals surface area contributed by atoms with E-state index in [0.29, 0.717) is 34.0 Å². The Kier molecular flexibility index (Phi) is 7.67. The predicted octanol–water partition coefficient (Wildman–Crippen LogP) is 6.66. The Morgan fingerprint density at radius 3 is 2.50 bits per heavy atom. The summed E-state index contributed by atoms with van der Waals surface area (Å²) >= 11 is 0. The van der Waals surface area contributed by atoms with Gasteiger partial charge in [0, 0.05) is 36.6 Å². The molecule has 1 aliphatic rings. The summed E-state index contributed by atoms with van der Waals surface area (Å²) in [5.41, 5.74) is 5.11. The van der Waals surface area contributed by atoms with Crippen molar-refractivity contribution in [1.82, 2.24) is 19.3 Å². The number of aryl methyl sites for hydroxylation is 1. The Morgan fingerprint density at radius 2 is 1.80 bits per heavy atom. The van der Waals surface area contributed by atoms with Crippen LogP contribution in [0.5, 0.6) is 0 Å². The average Bonchev–Trinajstić information content (AvgIpc) is 3.75. The number of nitrogens with zero attached hydrogens (tertiary/aromatic N) is 5. The highest BCUT2D eigenvalue weighted by Gasteiger charge is 2.26. The second-order valence-corrected chi connectivity index (χ2v) is 12.3. The van der Waals surface area contributed by atoms with Crippen molar-refractivity contribution in [3.63, 3.8) is 0 Å². The van der Waals surface area contributed by atoms with E-state index >= 15 is 0 Å². The van der Waals surface area contributed by atoms with E-state index in [-0.39, 0.29) is 11.7 Å². The number of carboxylic acid groups (broad SMARTS) is 1. The van der Waals surface area contributed by atoms with Crippen LogP contribution in [0.25, 0.3) is 22.3 Å². The molecule has 2 N–H and O–H groups in total. The number of benzene rings is 3. The van der Waals surface area contributed by atoms with Gasteiger partial charge in [0.15, 0.2) is 0 Å². The van der Waals surface area contributed by atoms with Crippen LogP contribution in [0.4, 0.5) is 15.8 Å². The van der Waals surface area contributed by atoms with Crippen molar-refractivity contribution in [1.29, 1.82) is 0 Å². The van der Waals surface area contributed by atoms with Gasteiger partial charge in [-0.05, 0) is 106 Å². The van der Waals surface area contributed by atoms with Crippen molar-refractivity contribution in [3.05, 3.63) is 96.2 Å². The van der Waals surface area contributed by atoms with E-state index in [0.717, 1.165) is 49.2 Å². The van der Waals surface area contributed by atoms with Gasteiger partial charge in [0.05, 0.1) is 45.9 Å². The molecule has 1 fully saturated rings. The third-order valence-corrected chi connectivity index (χ3v) is 8.19. The molecule has 0 radical (unpaired) electrons. The minimum absolute atomic E-state index is 0.297. The van der Waals surface area contributed by atoms with E-state index in [4.69, 9.17) is 5.11 Å². The smallest absolute Gasteiger partial charge is 0.335 e. The van der Waals surface area contributed by atoms with Gasteiger partial charge in [-0.1, -0.05) is 0 Å². The molecule has 1 saturated heterocycles. The molecule has 44 heavy (non-hydrogen) atoms. The number of hydrogen-bond acceptors (Lipinski definition) is 5. The third-order valence-electron chi connectivity index (χ3n) is 8.19. The van der Waals surface area contributed by atoms with Gasteiger partial charge in [-0.2, -0.15) is 5.10 Å². The maximum atomic E-state index is 13.7. The standard InChI is InChI=1S/C34H35FN6O3/c1-34(2,3)41-31(23-4-8-25(35)9-5-23)28(19-37-41)32(42)38-26-10-13-30-29(18-26)36-21-40(30)17-15-22-14-16-39(20-22)27-11-6-24(7-12-27)33(43)44/h4-13,18-19,21-22H,14-17,20H2,1-3H3,(H,38,42)(H,43,44). The molecule has 226 valence electrons. The molecule has 10 heteroatoms. The Bertz CT molecular complexity index is 1820. The van der Waals surface area contributed by atoms with Gasteiger partial charge in [-0.25, -0.2) is 14.2 Å². The third kappa shape index (κ3) is 5.92. The molecule has 0 aliphatic carbocycles. The number of fused-ring (bicyclic) bond motifs is 1. The van der Waals surface area contributed by atoms with E-state index in [1.807, 2.05) is 57.4 Å². The molecular formula is C34H35FN6O3. The van der Waals surface area contributed by atoms with Crippen molar-refractivity contribution in [2.45, 2.75) is 45.7 Å². The summed E-state index contributed by atoms with van der Waals surface area (Å²) in [5.74, 6) is -1.04. The van der Waals surface area contributed by atoms with Crippen LogP contribution >= 0.6 is 0 Å². The summed E-state index contributed by atoms with van der Waals surface area (Å²) in [5, 5.41) is 16.7. The average molecular weight is 595 g/mol. The first-order chi connectivity index (χ1) is 21.1. The van der Waals surface area contributed by atoms with E-state index in [1.54, 1.807) is 35.1 Å². The normalized spacial score (nSPS) is 15.2. The number of hydrogen-bond donors (Lipinski definition) is 2. The molecule has 1 unspecified atom stereocenters. The highest BCUT2D eigenvalue weighted by atomic mass is 19.1. The highest BCUT2D eigenvalue weighted by molar-refractivity contribution is 6.08. The first-order valence-electron chi connectivity index (χ1n) is 14.8. The molecule has 0 bridgehead atoms. The lowest BCUT2D eigenvalue weighted by Gasteiger charge is -2.23. The zero-order valence-corrected chi connectivity index (χ0v) is 25.0. The molecule has 6 rings (SSSR count). The van der Waals surface area contributed by atoms with E-state index in [9.17, 15) is 14.0 Å². The van der Waals surface area contributed by atoms with Gasteiger partial charge in [0.1, 0.15) is 5.82 Å². The molecule has 0 saturated carbocycles. The van der Waals surface area contributed by atoms with Gasteiger partial charge in [0.2, 0.25) is 0 Å². The van der Waals surface area contributed by atoms with Crippen LogP contribution in [0, 0.1) is 11.7 Å². The Hall–Kier alpha value is -4.99. The van der Waals surface area contributed by atoms with E-state index in [2.05, 4.69) is 24.9 Å². The molecule has 1 atom stereocenters. The first-order valence-corrected chi connectivity index (χ1v) is 14.8. The summed E-state index contributed by atoms with van der Waals surface area (Å²) < 4.78 is 17.6. The van der Waals surface area contributed by atoms with Crippen LogP contribution in [-0.4, -0.2) is 49.4 Å². The summed E-state index contributed by atoms with van der Waals surface area (Å²) in [6.45, 7) is 8.71. The van der Waals surface area contributed by atoms with E-state index < -0.39 is 11.5 Å². The lowest BCUT2D eigenvalue weighted by atomic mass is 10.0. The fourth-order valence-electron chi connectivity index (χ4n) is 5.87. The van der Waals surface area contributed by atoms with Crippen LogP contribution in [0.15, 0.2) is 79.3 Å². The molecular weight excluding hydrogens is 559 g/mol. The zero-order chi connectivity index (χ0) is 31.0. The van der Waals surface area contributed by atoms with Crippen molar-refractivity contribution in [2.24, 2.45) is 5.92 Å². The number of aromatic carboxylic acids is 1. The Labute approximate surface area is 254 Å². The molecule has 5 aromatic rings. The summed E-state index contributed by atoms with van der Waals surface area (Å²) in [6.07, 6.45) is 5.47. The second kappa shape index (κ2) is 11.6. The maximum absolute atomic E-state index is 13.7. The number of imidazole rings is 1. The first kappa shape index (κ1) is 29.1. The molecule has 1 amide bonds. The van der Waals surface area contributed by atoms with Gasteiger partial charge >= 0.3 is 5.97 Å². The number of carboxylic acids is 1. The number of aromatic nitrogens is 4. The Morgan fingerprint density at radius 1 is 1.05 bits per heavy atom. The van der Waals surface area contributed by atoms with Crippen molar-refractivity contribution in [3.8, 4) is 11.3 Å². The monoisotopic (exact) mass is 594 g/mol. The number of carbonyl (C=O) groups excluding carboxylic acids is 1. The largest absolute Gasteiger partial charge is 0.478 e. The van der Waals surface area contributed by atoms with E-state index in [1.165, 1.54) is 12.1 Å². The van der Waals surface area contributed by atoms with Crippen molar-refractivity contribution >= 4 is 34.3 Å². The quantitative estimate of drug-likeness (QED) is 0.208. The van der Waals surface area contributed by atoms with Gasteiger partial charge in [0.25, 0.3) is 5.91 Å². The summed E-state index contributed by atoms with van der Waals surface area (Å²) in [4.78, 5) is 31.5. The van der Waals surface area contributed by atoms with Gasteiger partial charge in [-0.15, -0.1) is 0 Å². The number of nitrogens with one attached hydrogen (secondary N) is 1. The molecule has 3 aromatic carbocycles. The molecule has 2 aromatic heterocycles. The fourth-order valence-corrected chi connectivity index (χ4v) is 5.87. The zero-order valence-electron chi connectivity index (χ0n) is 25.0. The number of halogens is 1. The number of anilines is 2. The minimum atomic E-state index is -0.915. The minimum Gasteiger partial charge on any atom is -0.478 e. The Balaban J connectivity index is 1.12. The molecule has 1 aliphatic heterocycles. The van der Waals surface area contributed by atoms with Crippen LogP contribution in [0.3, 0.4) is 0 Å². The number of amides is 1. The fraction of sp³-hybridized carbons (Fsp3) is 0.294. The second-order valence-electron chi connectivity index (χ2n) is 12.3. The summed E-state index contributed by atoms with van der Waals surface area (Å²) in [7, 11) is 0. The van der Waals surface area contributed by atoms with Gasteiger partial charge in [-0.3, -0.25) is 9.48 Å². The van der Waals surface area contributed by atoms with Crippen LogP contribution < -0.4 is 10.2 Å². The van der Waals surface area contributed by atoms with Crippen LogP contribution in [-0.2, 0) is 12.1 Å². The number of rotatable bonds is 8. The van der Waals surface area contributed by atoms with Gasteiger partial charge < -0.3 is 19.9 Å².